The van der Waals surface area contributed by atoms with E-state index < -0.39 is 6.04 Å². The zero-order valence-corrected chi connectivity index (χ0v) is 15.2. The molecule has 1 aromatic heterocycles. The number of carbonyl (C=O) groups excluding carboxylic acids is 2. The van der Waals surface area contributed by atoms with Gasteiger partial charge in [0.1, 0.15) is 17.7 Å². The van der Waals surface area contributed by atoms with Crippen LogP contribution in [0, 0.1) is 0 Å². The first-order valence-electron chi connectivity index (χ1n) is 8.83. The Morgan fingerprint density at radius 2 is 1.92 bits per heavy atom. The average molecular weight is 352 g/mol. The van der Waals surface area contributed by atoms with Crippen LogP contribution in [-0.2, 0) is 16.0 Å². The highest BCUT2D eigenvalue weighted by atomic mass is 16.2. The molecule has 1 fully saturated rings. The summed E-state index contributed by atoms with van der Waals surface area (Å²) in [5.41, 5.74) is 0.962. The molecule has 6 nitrogen and oxygen atoms in total. The molecule has 26 heavy (non-hydrogen) atoms. The Kier molecular flexibility index (Phi) is 5.51. The summed E-state index contributed by atoms with van der Waals surface area (Å²) in [6.45, 7) is 0.620. The van der Waals surface area contributed by atoms with Gasteiger partial charge in [-0.2, -0.15) is 0 Å². The Bertz CT molecular complexity index is 776. The molecule has 1 atom stereocenters. The standard InChI is InChI=1S/C20H24N4O2/c1-23(2)18-12-6-11-17(21-18)22-20(26)16-10-7-13-24(16)19(25)14-15-8-4-3-5-9-15/h3-6,8-9,11-12,16H,7,10,13-14H2,1-2H3,(H,21,22,26). The molecule has 3 rings (SSSR count). The zero-order valence-electron chi connectivity index (χ0n) is 15.2. The molecule has 1 aromatic carbocycles. The zero-order chi connectivity index (χ0) is 18.5. The number of amides is 2. The summed E-state index contributed by atoms with van der Waals surface area (Å²) in [6.07, 6.45) is 1.84. The molecule has 2 aromatic rings. The molecular formula is C20H24N4O2. The lowest BCUT2D eigenvalue weighted by atomic mass is 10.1. The molecule has 0 spiro atoms. The van der Waals surface area contributed by atoms with Gasteiger partial charge in [0.05, 0.1) is 6.42 Å². The van der Waals surface area contributed by atoms with Crippen LogP contribution >= 0.6 is 0 Å². The number of carbonyl (C=O) groups is 2. The number of anilines is 2. The highest BCUT2D eigenvalue weighted by Crippen LogP contribution is 2.21. The number of benzene rings is 1. The van der Waals surface area contributed by atoms with Gasteiger partial charge in [0.2, 0.25) is 11.8 Å². The molecule has 0 saturated carbocycles. The molecule has 0 radical (unpaired) electrons. The summed E-state index contributed by atoms with van der Waals surface area (Å²) in [7, 11) is 3.80. The predicted octanol–water partition coefficient (Wildman–Crippen LogP) is 2.32. The Morgan fingerprint density at radius 1 is 1.15 bits per heavy atom. The fourth-order valence-electron chi connectivity index (χ4n) is 3.16. The predicted molar refractivity (Wildman–Crippen MR) is 102 cm³/mol. The van der Waals surface area contributed by atoms with Crippen LogP contribution in [-0.4, -0.2) is 48.4 Å². The lowest BCUT2D eigenvalue weighted by Crippen LogP contribution is -2.43. The molecule has 1 aliphatic heterocycles. The SMILES string of the molecule is CN(C)c1cccc(NC(=O)C2CCCN2C(=O)Cc2ccccc2)n1. The summed E-state index contributed by atoms with van der Waals surface area (Å²) < 4.78 is 0. The third-order valence-electron chi connectivity index (χ3n) is 4.52. The van der Waals surface area contributed by atoms with Gasteiger partial charge in [0, 0.05) is 20.6 Å². The molecular weight excluding hydrogens is 328 g/mol. The first kappa shape index (κ1) is 17.9. The first-order chi connectivity index (χ1) is 12.5. The Balaban J connectivity index is 1.66. The van der Waals surface area contributed by atoms with Crippen molar-refractivity contribution >= 4 is 23.5 Å². The smallest absolute Gasteiger partial charge is 0.248 e. The number of nitrogens with one attached hydrogen (secondary N) is 1. The van der Waals surface area contributed by atoms with E-state index in [4.69, 9.17) is 0 Å². The molecule has 0 aliphatic carbocycles. The summed E-state index contributed by atoms with van der Waals surface area (Å²) in [5, 5.41) is 2.86. The van der Waals surface area contributed by atoms with Crippen molar-refractivity contribution in [1.29, 1.82) is 0 Å². The highest BCUT2D eigenvalue weighted by molar-refractivity contribution is 5.97. The van der Waals surface area contributed by atoms with Crippen LogP contribution < -0.4 is 10.2 Å². The Labute approximate surface area is 153 Å². The molecule has 136 valence electrons. The van der Waals surface area contributed by atoms with Crippen molar-refractivity contribution in [2.24, 2.45) is 0 Å². The number of rotatable bonds is 5. The number of nitrogens with zero attached hydrogens (tertiary/aromatic N) is 3. The second-order valence-corrected chi connectivity index (χ2v) is 6.67. The van der Waals surface area contributed by atoms with Gasteiger partial charge in [-0.3, -0.25) is 9.59 Å². The van der Waals surface area contributed by atoms with E-state index in [1.165, 1.54) is 0 Å². The summed E-state index contributed by atoms with van der Waals surface area (Å²) in [6, 6.07) is 14.7. The number of aromatic nitrogens is 1. The third kappa shape index (κ3) is 4.20. The van der Waals surface area contributed by atoms with E-state index in [9.17, 15) is 9.59 Å². The van der Waals surface area contributed by atoms with Crippen molar-refractivity contribution in [3.63, 3.8) is 0 Å². The van der Waals surface area contributed by atoms with E-state index in [-0.39, 0.29) is 11.8 Å². The maximum Gasteiger partial charge on any atom is 0.248 e. The van der Waals surface area contributed by atoms with Crippen LogP contribution in [0.5, 0.6) is 0 Å². The second kappa shape index (κ2) is 7.99. The summed E-state index contributed by atoms with van der Waals surface area (Å²) in [4.78, 5) is 33.3. The van der Waals surface area contributed by atoms with E-state index in [1.54, 1.807) is 11.0 Å². The third-order valence-corrected chi connectivity index (χ3v) is 4.52. The minimum Gasteiger partial charge on any atom is -0.363 e. The van der Waals surface area contributed by atoms with E-state index in [0.717, 1.165) is 17.8 Å². The number of hydrogen-bond acceptors (Lipinski definition) is 4. The quantitative estimate of drug-likeness (QED) is 0.897. The van der Waals surface area contributed by atoms with Crippen LogP contribution in [0.15, 0.2) is 48.5 Å². The molecule has 0 bridgehead atoms. The van der Waals surface area contributed by atoms with E-state index >= 15 is 0 Å². The van der Waals surface area contributed by atoms with Crippen LogP contribution in [0.1, 0.15) is 18.4 Å². The van der Waals surface area contributed by atoms with Crippen molar-refractivity contribution in [1.82, 2.24) is 9.88 Å². The molecule has 1 unspecified atom stereocenters. The molecule has 1 saturated heterocycles. The van der Waals surface area contributed by atoms with Gasteiger partial charge < -0.3 is 15.1 Å². The number of likely N-dealkylation sites (tertiary alicyclic amines) is 1. The Morgan fingerprint density at radius 3 is 2.65 bits per heavy atom. The van der Waals surface area contributed by atoms with Crippen LogP contribution in [0.25, 0.3) is 0 Å². The van der Waals surface area contributed by atoms with Crippen molar-refractivity contribution < 1.29 is 9.59 Å². The minimum absolute atomic E-state index is 0.0103. The molecule has 1 N–H and O–H groups in total. The normalized spacial score (nSPS) is 16.4. The topological polar surface area (TPSA) is 65.5 Å². The molecule has 1 aliphatic rings. The van der Waals surface area contributed by atoms with Crippen LogP contribution in [0.4, 0.5) is 11.6 Å². The number of hydrogen-bond donors (Lipinski definition) is 1. The van der Waals surface area contributed by atoms with Gasteiger partial charge >= 0.3 is 0 Å². The van der Waals surface area contributed by atoms with Crippen molar-refractivity contribution in [3.05, 3.63) is 54.1 Å². The van der Waals surface area contributed by atoms with Crippen molar-refractivity contribution in [2.75, 3.05) is 30.9 Å². The maximum absolute atomic E-state index is 12.7. The molecule has 2 heterocycles. The van der Waals surface area contributed by atoms with Gasteiger partial charge in [-0.1, -0.05) is 36.4 Å². The maximum atomic E-state index is 12.7. The fourth-order valence-corrected chi connectivity index (χ4v) is 3.16. The largest absolute Gasteiger partial charge is 0.363 e. The number of pyridine rings is 1. The Hall–Kier alpha value is -2.89. The molecule has 6 heteroatoms. The van der Waals surface area contributed by atoms with Gasteiger partial charge in [-0.05, 0) is 30.5 Å². The van der Waals surface area contributed by atoms with E-state index in [0.29, 0.717) is 25.2 Å². The van der Waals surface area contributed by atoms with Gasteiger partial charge in [-0.15, -0.1) is 0 Å². The van der Waals surface area contributed by atoms with E-state index in [2.05, 4.69) is 10.3 Å². The highest BCUT2D eigenvalue weighted by Gasteiger charge is 2.34. The van der Waals surface area contributed by atoms with Crippen LogP contribution in [0.2, 0.25) is 0 Å². The second-order valence-electron chi connectivity index (χ2n) is 6.67. The summed E-state index contributed by atoms with van der Waals surface area (Å²) >= 11 is 0. The summed E-state index contributed by atoms with van der Waals surface area (Å²) in [5.74, 6) is 1.09. The monoisotopic (exact) mass is 352 g/mol. The minimum atomic E-state index is -0.434. The lowest BCUT2D eigenvalue weighted by molar-refractivity contribution is -0.136. The van der Waals surface area contributed by atoms with Crippen molar-refractivity contribution in [2.45, 2.75) is 25.3 Å². The van der Waals surface area contributed by atoms with Crippen molar-refractivity contribution in [3.8, 4) is 0 Å². The van der Waals surface area contributed by atoms with E-state index in [1.807, 2.05) is 61.5 Å². The van der Waals surface area contributed by atoms with Gasteiger partial charge in [0.25, 0.3) is 0 Å². The lowest BCUT2D eigenvalue weighted by Gasteiger charge is -2.24. The molecule has 2 amide bonds. The van der Waals surface area contributed by atoms with Crippen LogP contribution in [0.3, 0.4) is 0 Å². The fraction of sp³-hybridized carbons (Fsp3) is 0.350. The van der Waals surface area contributed by atoms with Gasteiger partial charge in [-0.25, -0.2) is 4.98 Å². The average Bonchev–Trinajstić information content (AvgIpc) is 3.13. The first-order valence-corrected chi connectivity index (χ1v) is 8.83. The van der Waals surface area contributed by atoms with Gasteiger partial charge in [0.15, 0.2) is 0 Å².